The van der Waals surface area contributed by atoms with Crippen molar-refractivity contribution in [3.63, 3.8) is 0 Å². The topological polar surface area (TPSA) is 72.9 Å². The fourth-order valence-electron chi connectivity index (χ4n) is 1.56. The zero-order valence-corrected chi connectivity index (χ0v) is 10.4. The molecule has 0 spiro atoms. The van der Waals surface area contributed by atoms with Gasteiger partial charge in [0.1, 0.15) is 0 Å². The monoisotopic (exact) mass is 284 g/mol. The van der Waals surface area contributed by atoms with Crippen LogP contribution >= 0.6 is 0 Å². The Hall–Kier alpha value is -2.51. The molecule has 3 N–H and O–H groups in total. The smallest absolute Gasteiger partial charge is 0.333 e. The van der Waals surface area contributed by atoms with E-state index in [1.807, 2.05) is 0 Å². The summed E-state index contributed by atoms with van der Waals surface area (Å²) in [5.41, 5.74) is -0.813. The molecule has 0 atom stereocenters. The molecule has 0 unspecified atom stereocenters. The van der Waals surface area contributed by atoms with E-state index in [1.54, 1.807) is 0 Å². The van der Waals surface area contributed by atoms with Crippen LogP contribution in [0.1, 0.15) is 11.1 Å². The van der Waals surface area contributed by atoms with Gasteiger partial charge in [-0.3, -0.25) is 4.79 Å². The van der Waals surface area contributed by atoms with Gasteiger partial charge in [-0.15, -0.1) is 0 Å². The van der Waals surface area contributed by atoms with Crippen molar-refractivity contribution >= 4 is 11.6 Å². The highest BCUT2D eigenvalue weighted by atomic mass is 19.4. The van der Waals surface area contributed by atoms with E-state index in [4.69, 9.17) is 5.84 Å². The van der Waals surface area contributed by atoms with Crippen LogP contribution in [0.4, 0.5) is 24.8 Å². The Morgan fingerprint density at radius 2 is 2.05 bits per heavy atom. The van der Waals surface area contributed by atoms with E-state index in [9.17, 15) is 18.0 Å². The molecule has 0 saturated carbocycles. The number of nitrogen functional groups attached to an aromatic ring is 1. The Labute approximate surface area is 111 Å². The van der Waals surface area contributed by atoms with Crippen LogP contribution in [-0.2, 0) is 6.18 Å². The molecule has 0 bridgehead atoms. The number of halogens is 3. The van der Waals surface area contributed by atoms with E-state index in [2.05, 4.69) is 10.3 Å². The number of aryl methyl sites for hydroxylation is 1. The summed E-state index contributed by atoms with van der Waals surface area (Å²) >= 11 is 0. The molecule has 0 aliphatic heterocycles. The molecular formula is C12H11F3N4O. The summed E-state index contributed by atoms with van der Waals surface area (Å²) in [5.74, 6) is 5.47. The molecule has 8 heteroatoms. The van der Waals surface area contributed by atoms with Gasteiger partial charge < -0.3 is 11.2 Å². The van der Waals surface area contributed by atoms with Crippen molar-refractivity contribution in [3.8, 4) is 0 Å². The minimum Gasteiger partial charge on any atom is -0.333 e. The van der Waals surface area contributed by atoms with E-state index in [-0.39, 0.29) is 11.6 Å². The van der Waals surface area contributed by atoms with Gasteiger partial charge >= 0.3 is 6.18 Å². The summed E-state index contributed by atoms with van der Waals surface area (Å²) in [6.45, 7) is 1.53. The summed E-state index contributed by atoms with van der Waals surface area (Å²) in [6.07, 6.45) is -3.15. The molecule has 0 aliphatic carbocycles. The van der Waals surface area contributed by atoms with Crippen LogP contribution < -0.4 is 16.7 Å². The first-order valence-electron chi connectivity index (χ1n) is 5.57. The zero-order chi connectivity index (χ0) is 14.9. The summed E-state index contributed by atoms with van der Waals surface area (Å²) in [6, 6.07) is 4.52. The second-order valence-corrected chi connectivity index (χ2v) is 4.14. The lowest BCUT2D eigenvalue weighted by atomic mass is 10.2. The first kappa shape index (κ1) is 13.9. The molecule has 0 amide bonds. The Balaban J connectivity index is 2.36. The van der Waals surface area contributed by atoms with Crippen LogP contribution in [0.25, 0.3) is 0 Å². The quantitative estimate of drug-likeness (QED) is 0.828. The molecular weight excluding hydrogens is 273 g/mol. The Morgan fingerprint density at radius 3 is 2.70 bits per heavy atom. The Kier molecular flexibility index (Phi) is 3.39. The number of hydrogen-bond acceptors (Lipinski definition) is 4. The lowest BCUT2D eigenvalue weighted by Gasteiger charge is -2.12. The van der Waals surface area contributed by atoms with Crippen molar-refractivity contribution < 1.29 is 13.2 Å². The van der Waals surface area contributed by atoms with Crippen LogP contribution in [-0.4, -0.2) is 9.66 Å². The molecule has 0 fully saturated rings. The highest BCUT2D eigenvalue weighted by Gasteiger charge is 2.30. The van der Waals surface area contributed by atoms with Gasteiger partial charge in [-0.2, -0.15) is 17.8 Å². The third kappa shape index (κ3) is 2.73. The number of benzene rings is 1. The number of anilines is 2. The van der Waals surface area contributed by atoms with Gasteiger partial charge in [0.25, 0.3) is 5.56 Å². The minimum absolute atomic E-state index is 0.0417. The minimum atomic E-state index is -4.44. The van der Waals surface area contributed by atoms with Gasteiger partial charge in [0.2, 0.25) is 5.95 Å². The molecule has 0 saturated heterocycles. The highest BCUT2D eigenvalue weighted by molar-refractivity contribution is 5.55. The molecule has 1 heterocycles. The number of hydrogen-bond donors (Lipinski definition) is 2. The maximum atomic E-state index is 12.6. The zero-order valence-electron chi connectivity index (χ0n) is 10.4. The summed E-state index contributed by atoms with van der Waals surface area (Å²) < 4.78 is 38.5. The van der Waals surface area contributed by atoms with E-state index in [0.717, 1.165) is 16.8 Å². The number of nitrogens with one attached hydrogen (secondary N) is 1. The lowest BCUT2D eigenvalue weighted by Crippen LogP contribution is -2.31. The molecule has 106 valence electrons. The standard InChI is InChI=1S/C12H11F3N4O/c1-7-6-17-11(19(16)10(7)20)18-9-4-2-3-8(5-9)12(13,14)15/h2-6H,16H2,1H3,(H,17,18). The predicted molar refractivity (Wildman–Crippen MR) is 68.1 cm³/mol. The average Bonchev–Trinajstić information content (AvgIpc) is 2.39. The van der Waals surface area contributed by atoms with Gasteiger partial charge in [0, 0.05) is 17.4 Å². The number of nitrogens with zero attached hydrogens (tertiary/aromatic N) is 2. The molecule has 1 aromatic carbocycles. The maximum absolute atomic E-state index is 12.6. The predicted octanol–water partition coefficient (Wildman–Crippen LogP) is 2.03. The number of nitrogens with two attached hydrogens (primary N) is 1. The number of alkyl halides is 3. The normalized spacial score (nSPS) is 11.4. The molecule has 2 rings (SSSR count). The molecule has 5 nitrogen and oxygen atoms in total. The van der Waals surface area contributed by atoms with E-state index in [0.29, 0.717) is 5.56 Å². The molecule has 1 aromatic heterocycles. The first-order valence-corrected chi connectivity index (χ1v) is 5.57. The molecule has 20 heavy (non-hydrogen) atoms. The molecule has 0 radical (unpaired) electrons. The van der Waals surface area contributed by atoms with Gasteiger partial charge in [0.15, 0.2) is 0 Å². The largest absolute Gasteiger partial charge is 0.416 e. The fraction of sp³-hybridized carbons (Fsp3) is 0.167. The highest BCUT2D eigenvalue weighted by Crippen LogP contribution is 2.31. The molecule has 2 aromatic rings. The number of rotatable bonds is 2. The van der Waals surface area contributed by atoms with Crippen LogP contribution in [0.5, 0.6) is 0 Å². The second-order valence-electron chi connectivity index (χ2n) is 4.14. The van der Waals surface area contributed by atoms with Gasteiger partial charge in [-0.1, -0.05) is 6.07 Å². The van der Waals surface area contributed by atoms with Crippen molar-refractivity contribution in [2.75, 3.05) is 11.2 Å². The van der Waals surface area contributed by atoms with E-state index >= 15 is 0 Å². The number of aromatic nitrogens is 2. The fourth-order valence-corrected chi connectivity index (χ4v) is 1.56. The van der Waals surface area contributed by atoms with Crippen molar-refractivity contribution in [1.82, 2.24) is 9.66 Å². The summed E-state index contributed by atoms with van der Waals surface area (Å²) in [5, 5.41) is 2.58. The van der Waals surface area contributed by atoms with Crippen molar-refractivity contribution in [1.29, 1.82) is 0 Å². The van der Waals surface area contributed by atoms with Crippen LogP contribution in [0.15, 0.2) is 35.3 Å². The van der Waals surface area contributed by atoms with Crippen molar-refractivity contribution in [3.05, 3.63) is 51.9 Å². The van der Waals surface area contributed by atoms with E-state index in [1.165, 1.54) is 25.3 Å². The van der Waals surface area contributed by atoms with Gasteiger partial charge in [-0.25, -0.2) is 4.98 Å². The van der Waals surface area contributed by atoms with Crippen LogP contribution in [0.3, 0.4) is 0 Å². The lowest BCUT2D eigenvalue weighted by molar-refractivity contribution is -0.137. The van der Waals surface area contributed by atoms with E-state index < -0.39 is 17.3 Å². The summed E-state index contributed by atoms with van der Waals surface area (Å²) in [4.78, 5) is 15.5. The van der Waals surface area contributed by atoms with Gasteiger partial charge in [0.05, 0.1) is 5.56 Å². The van der Waals surface area contributed by atoms with Crippen LogP contribution in [0.2, 0.25) is 0 Å². The third-order valence-corrected chi connectivity index (χ3v) is 2.61. The summed E-state index contributed by atoms with van der Waals surface area (Å²) in [7, 11) is 0. The van der Waals surface area contributed by atoms with Crippen molar-refractivity contribution in [2.24, 2.45) is 0 Å². The maximum Gasteiger partial charge on any atom is 0.416 e. The SMILES string of the molecule is Cc1cnc(Nc2cccc(C(F)(F)F)c2)n(N)c1=O. The van der Waals surface area contributed by atoms with Gasteiger partial charge in [-0.05, 0) is 25.1 Å². The second kappa shape index (κ2) is 4.87. The Bertz CT molecular complexity index is 694. The molecule has 0 aliphatic rings. The Morgan fingerprint density at radius 1 is 1.35 bits per heavy atom. The third-order valence-electron chi connectivity index (χ3n) is 2.61. The van der Waals surface area contributed by atoms with Crippen LogP contribution in [0, 0.1) is 6.92 Å². The van der Waals surface area contributed by atoms with Crippen molar-refractivity contribution in [2.45, 2.75) is 13.1 Å². The average molecular weight is 284 g/mol. The first-order chi connectivity index (χ1) is 9.29.